The van der Waals surface area contributed by atoms with Crippen LogP contribution in [0.15, 0.2) is 5.38 Å². The molecule has 1 N–H and O–H groups in total. The zero-order chi connectivity index (χ0) is 14.9. The van der Waals surface area contributed by atoms with Crippen LogP contribution in [-0.2, 0) is 12.8 Å². The van der Waals surface area contributed by atoms with Crippen molar-refractivity contribution in [2.45, 2.75) is 57.3 Å². The molecule has 21 heavy (non-hydrogen) atoms. The van der Waals surface area contributed by atoms with E-state index in [9.17, 15) is 13.6 Å². The van der Waals surface area contributed by atoms with Crippen LogP contribution >= 0.6 is 11.3 Å². The second-order valence-corrected chi connectivity index (χ2v) is 7.25. The number of rotatable bonds is 3. The van der Waals surface area contributed by atoms with Crippen molar-refractivity contribution < 1.29 is 13.6 Å². The molecule has 1 fully saturated rings. The molecule has 0 saturated heterocycles. The molecule has 1 saturated carbocycles. The number of nitrogens with one attached hydrogen (secondary N) is 1. The summed E-state index contributed by atoms with van der Waals surface area (Å²) in [4.78, 5) is 13.6. The maximum Gasteiger partial charge on any atom is 0.252 e. The Kier molecular flexibility index (Phi) is 4.29. The van der Waals surface area contributed by atoms with Crippen LogP contribution in [0.2, 0.25) is 0 Å². The van der Waals surface area contributed by atoms with E-state index in [1.165, 1.54) is 16.9 Å². The fourth-order valence-electron chi connectivity index (χ4n) is 3.47. The highest BCUT2D eigenvalue weighted by Crippen LogP contribution is 2.36. The standard InChI is InChI=1S/C16H21F2NOS/c17-16(18)7-3-4-11(8-16)9-19-15(20)13-10-21-14-6-2-1-5-12(13)14/h10-11H,1-9H2,(H,19,20)/t11-/m1/s1. The van der Waals surface area contributed by atoms with E-state index in [0.717, 1.165) is 31.2 Å². The highest BCUT2D eigenvalue weighted by Gasteiger charge is 2.36. The Morgan fingerprint density at radius 3 is 2.95 bits per heavy atom. The minimum Gasteiger partial charge on any atom is -0.352 e. The molecular formula is C16H21F2NOS. The first-order chi connectivity index (χ1) is 10.1. The predicted octanol–water partition coefficient (Wildman–Crippen LogP) is 4.18. The molecule has 5 heteroatoms. The van der Waals surface area contributed by atoms with Gasteiger partial charge in [-0.1, -0.05) is 0 Å². The molecule has 1 aromatic heterocycles. The second kappa shape index (κ2) is 6.03. The summed E-state index contributed by atoms with van der Waals surface area (Å²) in [5.41, 5.74) is 1.97. The van der Waals surface area contributed by atoms with E-state index in [4.69, 9.17) is 0 Å². The fraction of sp³-hybridized carbons (Fsp3) is 0.688. The zero-order valence-electron chi connectivity index (χ0n) is 12.1. The molecule has 116 valence electrons. The number of thiophene rings is 1. The summed E-state index contributed by atoms with van der Waals surface area (Å²) in [6.07, 6.45) is 5.64. The summed E-state index contributed by atoms with van der Waals surface area (Å²) in [6, 6.07) is 0. The van der Waals surface area contributed by atoms with Crippen LogP contribution in [0.4, 0.5) is 8.78 Å². The lowest BCUT2D eigenvalue weighted by Crippen LogP contribution is -2.35. The molecular weight excluding hydrogens is 292 g/mol. The van der Waals surface area contributed by atoms with Gasteiger partial charge in [-0.25, -0.2) is 8.78 Å². The van der Waals surface area contributed by atoms with E-state index in [1.54, 1.807) is 11.3 Å². The van der Waals surface area contributed by atoms with Gasteiger partial charge in [0, 0.05) is 29.6 Å². The number of carbonyl (C=O) groups is 1. The van der Waals surface area contributed by atoms with Gasteiger partial charge in [0.1, 0.15) is 0 Å². The first-order valence-corrected chi connectivity index (χ1v) is 8.68. The topological polar surface area (TPSA) is 29.1 Å². The van der Waals surface area contributed by atoms with Gasteiger partial charge in [0.25, 0.3) is 5.91 Å². The molecule has 0 aliphatic heterocycles. The normalized spacial score (nSPS) is 24.4. The highest BCUT2D eigenvalue weighted by atomic mass is 32.1. The number of hydrogen-bond donors (Lipinski definition) is 1. The van der Waals surface area contributed by atoms with Gasteiger partial charge in [-0.15, -0.1) is 11.3 Å². The third kappa shape index (κ3) is 3.44. The van der Waals surface area contributed by atoms with Gasteiger partial charge >= 0.3 is 0 Å². The molecule has 0 unspecified atom stereocenters. The van der Waals surface area contributed by atoms with Gasteiger partial charge in [-0.3, -0.25) is 4.79 Å². The first kappa shape index (κ1) is 14.9. The lowest BCUT2D eigenvalue weighted by Gasteiger charge is -2.28. The quantitative estimate of drug-likeness (QED) is 0.891. The highest BCUT2D eigenvalue weighted by molar-refractivity contribution is 7.10. The van der Waals surface area contributed by atoms with E-state index in [2.05, 4.69) is 5.32 Å². The van der Waals surface area contributed by atoms with Crippen molar-refractivity contribution in [2.75, 3.05) is 6.54 Å². The summed E-state index contributed by atoms with van der Waals surface area (Å²) in [7, 11) is 0. The maximum atomic E-state index is 13.4. The van der Waals surface area contributed by atoms with Crippen LogP contribution in [0.5, 0.6) is 0 Å². The van der Waals surface area contributed by atoms with E-state index >= 15 is 0 Å². The van der Waals surface area contributed by atoms with Crippen molar-refractivity contribution in [1.29, 1.82) is 0 Å². The number of alkyl halides is 2. The predicted molar refractivity (Wildman–Crippen MR) is 80.2 cm³/mol. The zero-order valence-corrected chi connectivity index (χ0v) is 12.9. The maximum absolute atomic E-state index is 13.4. The minimum absolute atomic E-state index is 0.00448. The van der Waals surface area contributed by atoms with E-state index in [-0.39, 0.29) is 24.7 Å². The molecule has 1 aromatic rings. The Balaban J connectivity index is 1.58. The molecule has 0 radical (unpaired) electrons. The van der Waals surface area contributed by atoms with Crippen LogP contribution in [0.25, 0.3) is 0 Å². The number of fused-ring (bicyclic) bond motifs is 1. The molecule has 2 aliphatic rings. The van der Waals surface area contributed by atoms with Gasteiger partial charge in [-0.2, -0.15) is 0 Å². The summed E-state index contributed by atoms with van der Waals surface area (Å²) in [5.74, 6) is -2.72. The lowest BCUT2D eigenvalue weighted by atomic mass is 9.86. The molecule has 1 amide bonds. The Morgan fingerprint density at radius 1 is 1.33 bits per heavy atom. The molecule has 0 bridgehead atoms. The van der Waals surface area contributed by atoms with Crippen molar-refractivity contribution in [2.24, 2.45) is 5.92 Å². The van der Waals surface area contributed by atoms with Crippen molar-refractivity contribution >= 4 is 17.2 Å². The van der Waals surface area contributed by atoms with Crippen LogP contribution in [0.1, 0.15) is 59.3 Å². The second-order valence-electron chi connectivity index (χ2n) is 6.29. The average molecular weight is 313 g/mol. The van der Waals surface area contributed by atoms with Crippen molar-refractivity contribution in [3.8, 4) is 0 Å². The molecule has 1 atom stereocenters. The van der Waals surface area contributed by atoms with Crippen LogP contribution in [0, 0.1) is 5.92 Å². The Bertz CT molecular complexity index is 526. The largest absolute Gasteiger partial charge is 0.352 e. The monoisotopic (exact) mass is 313 g/mol. The van der Waals surface area contributed by atoms with Gasteiger partial charge < -0.3 is 5.32 Å². The van der Waals surface area contributed by atoms with Gasteiger partial charge in [0.05, 0.1) is 5.56 Å². The number of amides is 1. The summed E-state index contributed by atoms with van der Waals surface area (Å²) in [5, 5.41) is 4.81. The molecule has 0 spiro atoms. The minimum atomic E-state index is -2.55. The van der Waals surface area contributed by atoms with Gasteiger partial charge in [-0.05, 0) is 50.0 Å². The van der Waals surface area contributed by atoms with E-state index in [0.29, 0.717) is 13.0 Å². The number of carbonyl (C=O) groups excluding carboxylic acids is 1. The Morgan fingerprint density at radius 2 is 2.14 bits per heavy atom. The number of aryl methyl sites for hydroxylation is 1. The Labute approximate surface area is 127 Å². The molecule has 2 aliphatic carbocycles. The number of halogens is 2. The van der Waals surface area contributed by atoms with Crippen LogP contribution in [-0.4, -0.2) is 18.4 Å². The van der Waals surface area contributed by atoms with Crippen molar-refractivity contribution in [3.63, 3.8) is 0 Å². The number of hydrogen-bond acceptors (Lipinski definition) is 2. The first-order valence-electron chi connectivity index (χ1n) is 7.80. The molecule has 3 rings (SSSR count). The summed E-state index contributed by atoms with van der Waals surface area (Å²) < 4.78 is 26.7. The van der Waals surface area contributed by atoms with E-state index < -0.39 is 5.92 Å². The third-order valence-electron chi connectivity index (χ3n) is 4.60. The van der Waals surface area contributed by atoms with Crippen LogP contribution < -0.4 is 5.32 Å². The average Bonchev–Trinajstić information content (AvgIpc) is 2.88. The Hall–Kier alpha value is -0.970. The van der Waals surface area contributed by atoms with Crippen molar-refractivity contribution in [3.05, 3.63) is 21.4 Å². The van der Waals surface area contributed by atoms with Gasteiger partial charge in [0.15, 0.2) is 0 Å². The molecule has 2 nitrogen and oxygen atoms in total. The molecule has 0 aromatic carbocycles. The van der Waals surface area contributed by atoms with Crippen molar-refractivity contribution in [1.82, 2.24) is 5.32 Å². The summed E-state index contributed by atoms with van der Waals surface area (Å²) in [6.45, 7) is 0.374. The summed E-state index contributed by atoms with van der Waals surface area (Å²) >= 11 is 1.66. The smallest absolute Gasteiger partial charge is 0.252 e. The lowest BCUT2D eigenvalue weighted by molar-refractivity contribution is -0.0518. The third-order valence-corrected chi connectivity index (χ3v) is 5.69. The van der Waals surface area contributed by atoms with E-state index in [1.807, 2.05) is 5.38 Å². The van der Waals surface area contributed by atoms with Crippen LogP contribution in [0.3, 0.4) is 0 Å². The van der Waals surface area contributed by atoms with Gasteiger partial charge in [0.2, 0.25) is 5.92 Å². The SMILES string of the molecule is O=C(NC[C@@H]1CCCC(F)(F)C1)c1csc2c1CCCC2. The fourth-order valence-corrected chi connectivity index (χ4v) is 4.59. The molecule has 1 heterocycles.